The van der Waals surface area contributed by atoms with Gasteiger partial charge in [0.05, 0.1) is 18.8 Å². The first-order chi connectivity index (χ1) is 10.6. The van der Waals surface area contributed by atoms with Gasteiger partial charge in [-0.05, 0) is 20.3 Å². The molecule has 22 heavy (non-hydrogen) atoms. The van der Waals surface area contributed by atoms with E-state index in [0.717, 1.165) is 42.2 Å². The van der Waals surface area contributed by atoms with Crippen molar-refractivity contribution in [2.45, 2.75) is 32.9 Å². The van der Waals surface area contributed by atoms with E-state index in [0.29, 0.717) is 6.54 Å². The zero-order chi connectivity index (χ0) is 15.7. The molecule has 0 aliphatic carbocycles. The van der Waals surface area contributed by atoms with Crippen LogP contribution in [0.2, 0.25) is 0 Å². The number of amides is 1. The third kappa shape index (κ3) is 2.76. The van der Waals surface area contributed by atoms with Gasteiger partial charge in [-0.25, -0.2) is 0 Å². The molecule has 7 heteroatoms. The van der Waals surface area contributed by atoms with Gasteiger partial charge in [0.1, 0.15) is 5.69 Å². The van der Waals surface area contributed by atoms with Crippen molar-refractivity contribution in [3.05, 3.63) is 23.7 Å². The summed E-state index contributed by atoms with van der Waals surface area (Å²) < 4.78 is 7.26. The van der Waals surface area contributed by atoms with E-state index in [2.05, 4.69) is 20.5 Å². The number of nitrogens with one attached hydrogen (secondary N) is 1. The molecule has 118 valence electrons. The van der Waals surface area contributed by atoms with E-state index in [1.54, 1.807) is 6.20 Å². The van der Waals surface area contributed by atoms with Gasteiger partial charge in [-0.2, -0.15) is 5.10 Å². The lowest BCUT2D eigenvalue weighted by Gasteiger charge is -2.23. The van der Waals surface area contributed by atoms with Crippen LogP contribution in [0.5, 0.6) is 0 Å². The Morgan fingerprint density at radius 3 is 3.05 bits per heavy atom. The quantitative estimate of drug-likeness (QED) is 0.918. The minimum Gasteiger partial charge on any atom is -0.359 e. The van der Waals surface area contributed by atoms with Crippen LogP contribution in [-0.4, -0.2) is 44.9 Å². The van der Waals surface area contributed by atoms with Crippen LogP contribution in [0.4, 0.5) is 0 Å². The molecule has 1 unspecified atom stereocenters. The van der Waals surface area contributed by atoms with Crippen molar-refractivity contribution in [1.82, 2.24) is 25.2 Å². The molecular formula is C15H21N5O2. The molecular weight excluding hydrogens is 282 g/mol. The number of nitrogens with zero attached hydrogens (tertiary/aromatic N) is 4. The number of hydrogen-bond donors (Lipinski definition) is 1. The molecule has 2 aromatic heterocycles. The topological polar surface area (TPSA) is 76.2 Å². The van der Waals surface area contributed by atoms with Gasteiger partial charge in [0.25, 0.3) is 0 Å². The van der Waals surface area contributed by atoms with Crippen LogP contribution >= 0.6 is 0 Å². The Morgan fingerprint density at radius 1 is 1.50 bits per heavy atom. The summed E-state index contributed by atoms with van der Waals surface area (Å²) in [6, 6.07) is 1.77. The predicted octanol–water partition coefficient (Wildman–Crippen LogP) is 1.09. The molecule has 1 amide bonds. The van der Waals surface area contributed by atoms with Crippen LogP contribution in [-0.2, 0) is 18.4 Å². The molecule has 3 heterocycles. The van der Waals surface area contributed by atoms with Crippen LogP contribution in [0.15, 0.2) is 16.8 Å². The Bertz CT molecular complexity index is 675. The number of carbonyl (C=O) groups excluding carboxylic acids is 1. The van der Waals surface area contributed by atoms with Crippen LogP contribution < -0.4 is 5.32 Å². The first-order valence-corrected chi connectivity index (χ1v) is 7.52. The summed E-state index contributed by atoms with van der Waals surface area (Å²) >= 11 is 0. The average molecular weight is 303 g/mol. The Balaban J connectivity index is 1.76. The molecule has 0 aromatic carbocycles. The summed E-state index contributed by atoms with van der Waals surface area (Å²) in [6.45, 7) is 6.10. The van der Waals surface area contributed by atoms with E-state index < -0.39 is 0 Å². The van der Waals surface area contributed by atoms with E-state index in [1.165, 1.54) is 0 Å². The van der Waals surface area contributed by atoms with Gasteiger partial charge < -0.3 is 9.84 Å². The van der Waals surface area contributed by atoms with Gasteiger partial charge in [0.15, 0.2) is 5.76 Å². The van der Waals surface area contributed by atoms with Gasteiger partial charge in [-0.3, -0.25) is 14.4 Å². The Morgan fingerprint density at radius 2 is 2.32 bits per heavy atom. The zero-order valence-electron chi connectivity index (χ0n) is 13.2. The maximum absolute atomic E-state index is 11.9. The number of hydrogen-bond acceptors (Lipinski definition) is 5. The summed E-state index contributed by atoms with van der Waals surface area (Å²) in [5.41, 5.74) is 2.80. The molecule has 0 spiro atoms. The predicted molar refractivity (Wildman–Crippen MR) is 80.9 cm³/mol. The fraction of sp³-hybridized carbons (Fsp3) is 0.533. The van der Waals surface area contributed by atoms with E-state index in [4.69, 9.17) is 4.52 Å². The highest BCUT2D eigenvalue weighted by atomic mass is 16.5. The van der Waals surface area contributed by atoms with Gasteiger partial charge in [-0.1, -0.05) is 5.16 Å². The molecule has 1 aliphatic heterocycles. The summed E-state index contributed by atoms with van der Waals surface area (Å²) in [4.78, 5) is 14.0. The van der Waals surface area contributed by atoms with E-state index in [1.807, 2.05) is 31.6 Å². The number of carbonyl (C=O) groups is 1. The number of aromatic nitrogens is 3. The van der Waals surface area contributed by atoms with Gasteiger partial charge in [0.2, 0.25) is 5.91 Å². The number of rotatable bonds is 3. The Kier molecular flexibility index (Phi) is 3.98. The molecule has 0 bridgehead atoms. The zero-order valence-corrected chi connectivity index (χ0v) is 13.2. The van der Waals surface area contributed by atoms with Crippen molar-refractivity contribution in [2.75, 3.05) is 13.1 Å². The molecule has 2 aromatic rings. The second-order valence-corrected chi connectivity index (χ2v) is 5.74. The normalized spacial score (nSPS) is 20.0. The molecule has 7 nitrogen and oxygen atoms in total. The lowest BCUT2D eigenvalue weighted by molar-refractivity contribution is -0.125. The fourth-order valence-corrected chi connectivity index (χ4v) is 2.68. The van der Waals surface area contributed by atoms with Crippen LogP contribution in [0.3, 0.4) is 0 Å². The third-order valence-electron chi connectivity index (χ3n) is 4.28. The van der Waals surface area contributed by atoms with Crippen molar-refractivity contribution in [2.24, 2.45) is 7.05 Å². The average Bonchev–Trinajstić information content (AvgIpc) is 3.05. The molecule has 1 atom stereocenters. The minimum absolute atomic E-state index is 0.0698. The van der Waals surface area contributed by atoms with Crippen molar-refractivity contribution >= 4 is 5.91 Å². The van der Waals surface area contributed by atoms with E-state index in [-0.39, 0.29) is 11.9 Å². The summed E-state index contributed by atoms with van der Waals surface area (Å²) in [5, 5.41) is 11.3. The van der Waals surface area contributed by atoms with E-state index in [9.17, 15) is 4.79 Å². The fourth-order valence-electron chi connectivity index (χ4n) is 2.68. The van der Waals surface area contributed by atoms with Crippen LogP contribution in [0.25, 0.3) is 11.3 Å². The highest BCUT2D eigenvalue weighted by Crippen LogP contribution is 2.23. The standard InChI is InChI=1S/C15H21N5O2/c1-10-13(8-17-19(10)3)14-7-12(22-18-14)9-20-6-4-5-16-15(21)11(20)2/h7-8,11H,4-6,9H2,1-3H3,(H,16,21). The first-order valence-electron chi connectivity index (χ1n) is 7.52. The molecule has 1 fully saturated rings. The maximum atomic E-state index is 11.9. The number of aryl methyl sites for hydroxylation is 1. The van der Waals surface area contributed by atoms with Crippen LogP contribution in [0.1, 0.15) is 24.8 Å². The van der Waals surface area contributed by atoms with Crippen molar-refractivity contribution in [3.8, 4) is 11.3 Å². The summed E-state index contributed by atoms with van der Waals surface area (Å²) in [5.74, 6) is 0.833. The molecule has 1 aliphatic rings. The second kappa shape index (κ2) is 5.92. The Hall–Kier alpha value is -2.15. The first kappa shape index (κ1) is 14.8. The minimum atomic E-state index is -0.156. The highest BCUT2D eigenvalue weighted by Gasteiger charge is 2.25. The lowest BCUT2D eigenvalue weighted by Crippen LogP contribution is -2.41. The van der Waals surface area contributed by atoms with Crippen molar-refractivity contribution in [3.63, 3.8) is 0 Å². The Labute approximate surface area is 129 Å². The van der Waals surface area contributed by atoms with Gasteiger partial charge >= 0.3 is 0 Å². The highest BCUT2D eigenvalue weighted by molar-refractivity contribution is 5.81. The summed E-state index contributed by atoms with van der Waals surface area (Å²) in [6.07, 6.45) is 2.73. The van der Waals surface area contributed by atoms with E-state index >= 15 is 0 Å². The smallest absolute Gasteiger partial charge is 0.237 e. The molecule has 1 saturated heterocycles. The summed E-state index contributed by atoms with van der Waals surface area (Å²) in [7, 11) is 1.90. The van der Waals surface area contributed by atoms with Gasteiger partial charge in [0, 0.05) is 37.5 Å². The second-order valence-electron chi connectivity index (χ2n) is 5.74. The van der Waals surface area contributed by atoms with Crippen molar-refractivity contribution < 1.29 is 9.32 Å². The third-order valence-corrected chi connectivity index (χ3v) is 4.28. The molecule has 3 rings (SSSR count). The van der Waals surface area contributed by atoms with Crippen LogP contribution in [0, 0.1) is 6.92 Å². The SMILES string of the molecule is Cc1c(-c2cc(CN3CCCNC(=O)C3C)on2)cnn1C. The largest absolute Gasteiger partial charge is 0.359 e. The van der Waals surface area contributed by atoms with Gasteiger partial charge in [-0.15, -0.1) is 0 Å². The lowest BCUT2D eigenvalue weighted by atomic mass is 10.2. The molecule has 0 saturated carbocycles. The maximum Gasteiger partial charge on any atom is 0.237 e. The van der Waals surface area contributed by atoms with Crippen molar-refractivity contribution in [1.29, 1.82) is 0 Å². The monoisotopic (exact) mass is 303 g/mol. The molecule has 0 radical (unpaired) electrons. The molecule has 1 N–H and O–H groups in total.